The summed E-state index contributed by atoms with van der Waals surface area (Å²) >= 11 is 6.07. The summed E-state index contributed by atoms with van der Waals surface area (Å²) in [6, 6.07) is 8.91. The maximum Gasteiger partial charge on any atom is 0.265 e. The molecule has 0 heterocycles. The first-order chi connectivity index (χ1) is 11.8. The quantitative estimate of drug-likeness (QED) is 0.827. The molecule has 0 aliphatic rings. The highest BCUT2D eigenvalue weighted by atomic mass is 35.5. The summed E-state index contributed by atoms with van der Waals surface area (Å²) in [6.45, 7) is 5.71. The minimum atomic E-state index is -0.687. The number of hydrogen-bond acceptors (Lipinski definition) is 4. The molecule has 2 aromatic carbocycles. The first kappa shape index (κ1) is 18.9. The van der Waals surface area contributed by atoms with Gasteiger partial charge in [0.25, 0.3) is 5.91 Å². The van der Waals surface area contributed by atoms with Crippen molar-refractivity contribution in [3.63, 3.8) is 0 Å². The van der Waals surface area contributed by atoms with Gasteiger partial charge in [0.1, 0.15) is 17.2 Å². The van der Waals surface area contributed by atoms with Crippen LogP contribution < -0.4 is 19.5 Å². The van der Waals surface area contributed by atoms with Gasteiger partial charge in [-0.2, -0.15) is 0 Å². The van der Waals surface area contributed by atoms with Crippen LogP contribution in [0.3, 0.4) is 0 Å². The number of amides is 1. The summed E-state index contributed by atoms with van der Waals surface area (Å²) in [5.41, 5.74) is 2.74. The lowest BCUT2D eigenvalue weighted by Crippen LogP contribution is -2.30. The van der Waals surface area contributed by atoms with Gasteiger partial charge >= 0.3 is 0 Å². The summed E-state index contributed by atoms with van der Waals surface area (Å²) < 4.78 is 16.2. The molecule has 134 valence electrons. The van der Waals surface area contributed by atoms with Gasteiger partial charge in [0.05, 0.1) is 24.9 Å². The lowest BCUT2D eigenvalue weighted by Gasteiger charge is -2.17. The fourth-order valence-electron chi connectivity index (χ4n) is 2.24. The molecular weight excluding hydrogens is 342 g/mol. The van der Waals surface area contributed by atoms with Gasteiger partial charge in [-0.3, -0.25) is 4.79 Å². The molecule has 0 fully saturated rings. The fourth-order valence-corrected chi connectivity index (χ4v) is 2.47. The number of benzene rings is 2. The van der Waals surface area contributed by atoms with Crippen molar-refractivity contribution in [2.75, 3.05) is 19.5 Å². The van der Waals surface area contributed by atoms with Crippen molar-refractivity contribution in [1.29, 1.82) is 0 Å². The number of aryl methyl sites for hydroxylation is 2. The molecular formula is C19H22ClNO4. The van der Waals surface area contributed by atoms with Crippen molar-refractivity contribution in [2.45, 2.75) is 26.9 Å². The van der Waals surface area contributed by atoms with E-state index in [0.29, 0.717) is 28.0 Å². The number of anilines is 1. The molecule has 0 aliphatic carbocycles. The number of methoxy groups -OCH3 is 2. The van der Waals surface area contributed by atoms with Gasteiger partial charge in [0.2, 0.25) is 0 Å². The number of rotatable bonds is 6. The summed E-state index contributed by atoms with van der Waals surface area (Å²) in [6.07, 6.45) is -0.687. The fraction of sp³-hybridized carbons (Fsp3) is 0.316. The minimum Gasteiger partial charge on any atom is -0.495 e. The summed E-state index contributed by atoms with van der Waals surface area (Å²) in [5, 5.41) is 3.18. The molecule has 0 spiro atoms. The SMILES string of the molecule is COc1cc(NC(=O)C(C)Oc2ccc(C)c(C)c2)c(OC)cc1Cl. The molecule has 5 nitrogen and oxygen atoms in total. The van der Waals surface area contributed by atoms with Crippen molar-refractivity contribution in [3.05, 3.63) is 46.5 Å². The molecule has 0 radical (unpaired) electrons. The van der Waals surface area contributed by atoms with Crippen LogP contribution in [0.1, 0.15) is 18.1 Å². The highest BCUT2D eigenvalue weighted by Crippen LogP contribution is 2.36. The Hall–Kier alpha value is -2.40. The maximum atomic E-state index is 12.5. The molecule has 1 N–H and O–H groups in total. The van der Waals surface area contributed by atoms with Crippen LogP contribution >= 0.6 is 11.6 Å². The standard InChI is InChI=1S/C19H22ClNO4/c1-11-6-7-14(8-12(11)2)25-13(3)19(22)21-16-10-17(23-4)15(20)9-18(16)24-5/h6-10,13H,1-5H3,(H,21,22). The van der Waals surface area contributed by atoms with Crippen LogP contribution in [-0.2, 0) is 4.79 Å². The Balaban J connectivity index is 2.14. The topological polar surface area (TPSA) is 56.8 Å². The van der Waals surface area contributed by atoms with Gasteiger partial charge in [0.15, 0.2) is 6.10 Å². The Morgan fingerprint density at radius 1 is 1.04 bits per heavy atom. The van der Waals surface area contributed by atoms with Crippen molar-refractivity contribution in [2.24, 2.45) is 0 Å². The van der Waals surface area contributed by atoms with Crippen molar-refractivity contribution >= 4 is 23.2 Å². The van der Waals surface area contributed by atoms with Gasteiger partial charge in [-0.1, -0.05) is 17.7 Å². The zero-order valence-corrected chi connectivity index (χ0v) is 15.7. The van der Waals surface area contributed by atoms with E-state index in [0.717, 1.165) is 5.56 Å². The predicted octanol–water partition coefficient (Wildman–Crippen LogP) is 4.38. The van der Waals surface area contributed by atoms with Gasteiger partial charge in [0, 0.05) is 12.1 Å². The Kier molecular flexibility index (Phi) is 6.15. The van der Waals surface area contributed by atoms with Crippen LogP contribution in [0.15, 0.2) is 30.3 Å². The largest absolute Gasteiger partial charge is 0.495 e. The molecule has 25 heavy (non-hydrogen) atoms. The van der Waals surface area contributed by atoms with E-state index in [4.69, 9.17) is 25.8 Å². The van der Waals surface area contributed by atoms with E-state index < -0.39 is 6.10 Å². The molecule has 2 rings (SSSR count). The number of nitrogens with one attached hydrogen (secondary N) is 1. The summed E-state index contributed by atoms with van der Waals surface area (Å²) in [5.74, 6) is 1.23. The number of carbonyl (C=O) groups is 1. The van der Waals surface area contributed by atoms with Crippen LogP contribution in [0.4, 0.5) is 5.69 Å². The Morgan fingerprint density at radius 3 is 2.32 bits per heavy atom. The lowest BCUT2D eigenvalue weighted by atomic mass is 10.1. The molecule has 0 saturated heterocycles. The highest BCUT2D eigenvalue weighted by Gasteiger charge is 2.18. The van der Waals surface area contributed by atoms with E-state index in [-0.39, 0.29) is 5.91 Å². The number of ether oxygens (including phenoxy) is 3. The third kappa shape index (κ3) is 4.57. The van der Waals surface area contributed by atoms with Crippen molar-refractivity contribution in [3.8, 4) is 17.2 Å². The van der Waals surface area contributed by atoms with Crippen molar-refractivity contribution in [1.82, 2.24) is 0 Å². The van der Waals surface area contributed by atoms with Gasteiger partial charge < -0.3 is 19.5 Å². The number of halogens is 1. The van der Waals surface area contributed by atoms with E-state index in [1.807, 2.05) is 32.0 Å². The highest BCUT2D eigenvalue weighted by molar-refractivity contribution is 6.32. The van der Waals surface area contributed by atoms with E-state index in [1.54, 1.807) is 19.1 Å². The molecule has 0 saturated carbocycles. The van der Waals surface area contributed by atoms with E-state index in [9.17, 15) is 4.79 Å². The molecule has 0 bridgehead atoms. The Morgan fingerprint density at radius 2 is 1.72 bits per heavy atom. The zero-order chi connectivity index (χ0) is 18.6. The molecule has 2 aromatic rings. The van der Waals surface area contributed by atoms with Gasteiger partial charge in [-0.25, -0.2) is 0 Å². The Labute approximate surface area is 152 Å². The normalized spacial score (nSPS) is 11.6. The number of hydrogen-bond donors (Lipinski definition) is 1. The molecule has 0 aliphatic heterocycles. The molecule has 1 unspecified atom stereocenters. The lowest BCUT2D eigenvalue weighted by molar-refractivity contribution is -0.122. The third-order valence-corrected chi connectivity index (χ3v) is 4.19. The van der Waals surface area contributed by atoms with E-state index >= 15 is 0 Å². The summed E-state index contributed by atoms with van der Waals surface area (Å²) in [4.78, 5) is 12.5. The summed E-state index contributed by atoms with van der Waals surface area (Å²) in [7, 11) is 3.01. The Bertz CT molecular complexity index is 776. The molecule has 6 heteroatoms. The van der Waals surface area contributed by atoms with E-state index in [1.165, 1.54) is 19.8 Å². The number of carbonyl (C=O) groups excluding carboxylic acids is 1. The van der Waals surface area contributed by atoms with Gasteiger partial charge in [-0.15, -0.1) is 0 Å². The second kappa shape index (κ2) is 8.12. The minimum absolute atomic E-state index is 0.305. The average molecular weight is 364 g/mol. The molecule has 1 amide bonds. The van der Waals surface area contributed by atoms with Crippen LogP contribution in [0.2, 0.25) is 5.02 Å². The predicted molar refractivity (Wildman–Crippen MR) is 99.2 cm³/mol. The van der Waals surface area contributed by atoms with Crippen LogP contribution in [-0.4, -0.2) is 26.2 Å². The monoisotopic (exact) mass is 363 g/mol. The maximum absolute atomic E-state index is 12.5. The first-order valence-corrected chi connectivity index (χ1v) is 8.19. The smallest absolute Gasteiger partial charge is 0.265 e. The third-order valence-electron chi connectivity index (χ3n) is 3.89. The second-order valence-corrected chi connectivity index (χ2v) is 6.09. The molecule has 1 atom stereocenters. The van der Waals surface area contributed by atoms with E-state index in [2.05, 4.69) is 5.32 Å². The first-order valence-electron chi connectivity index (χ1n) is 7.82. The van der Waals surface area contributed by atoms with Gasteiger partial charge in [-0.05, 0) is 44.0 Å². The van der Waals surface area contributed by atoms with Crippen LogP contribution in [0.25, 0.3) is 0 Å². The van der Waals surface area contributed by atoms with Crippen LogP contribution in [0.5, 0.6) is 17.2 Å². The molecule has 0 aromatic heterocycles. The van der Waals surface area contributed by atoms with Crippen molar-refractivity contribution < 1.29 is 19.0 Å². The van der Waals surface area contributed by atoms with Crippen LogP contribution in [0, 0.1) is 13.8 Å². The second-order valence-electron chi connectivity index (χ2n) is 5.68. The average Bonchev–Trinajstić information content (AvgIpc) is 2.59. The zero-order valence-electron chi connectivity index (χ0n) is 15.0.